The van der Waals surface area contributed by atoms with Crippen molar-refractivity contribution in [1.29, 1.82) is 0 Å². The second-order valence-corrected chi connectivity index (χ2v) is 4.37. The highest BCUT2D eigenvalue weighted by Gasteiger charge is 2.35. The van der Waals surface area contributed by atoms with Crippen LogP contribution in [0.4, 0.5) is 13.2 Å². The standard InChI is InChI=1S/C11H6BrF3N2O/c12-7-1-3-8(4-2-7)17-9(6-18)5-10(16-17)11(13,14)15/h1-6H. The highest BCUT2D eigenvalue weighted by atomic mass is 79.9. The van der Waals surface area contributed by atoms with Crippen LogP contribution in [0, 0.1) is 0 Å². The molecule has 0 saturated carbocycles. The van der Waals surface area contributed by atoms with Crippen LogP contribution >= 0.6 is 15.9 Å². The SMILES string of the molecule is O=Cc1cc(C(F)(F)F)nn1-c1ccc(Br)cc1. The monoisotopic (exact) mass is 318 g/mol. The molecule has 1 aromatic carbocycles. The Morgan fingerprint density at radius 1 is 1.22 bits per heavy atom. The summed E-state index contributed by atoms with van der Waals surface area (Å²) in [5.41, 5.74) is -0.854. The predicted molar refractivity (Wildman–Crippen MR) is 61.7 cm³/mol. The molecule has 0 saturated heterocycles. The van der Waals surface area contributed by atoms with E-state index in [9.17, 15) is 18.0 Å². The number of hydrogen-bond donors (Lipinski definition) is 0. The number of hydrogen-bond acceptors (Lipinski definition) is 2. The number of nitrogens with zero attached hydrogens (tertiary/aromatic N) is 2. The Bertz CT molecular complexity index is 575. The van der Waals surface area contributed by atoms with Gasteiger partial charge in [-0.1, -0.05) is 15.9 Å². The van der Waals surface area contributed by atoms with Gasteiger partial charge in [0.05, 0.1) is 5.69 Å². The summed E-state index contributed by atoms with van der Waals surface area (Å²) in [6.45, 7) is 0. The molecule has 0 N–H and O–H groups in total. The van der Waals surface area contributed by atoms with Crippen molar-refractivity contribution in [3.05, 3.63) is 46.2 Å². The minimum atomic E-state index is -4.57. The summed E-state index contributed by atoms with van der Waals surface area (Å²) < 4.78 is 39.2. The number of carbonyl (C=O) groups excluding carboxylic acids is 1. The number of aldehydes is 1. The molecule has 0 spiro atoms. The van der Waals surface area contributed by atoms with Gasteiger partial charge in [0.2, 0.25) is 0 Å². The van der Waals surface area contributed by atoms with Gasteiger partial charge in [-0.3, -0.25) is 4.79 Å². The molecule has 0 amide bonds. The van der Waals surface area contributed by atoms with E-state index in [1.807, 2.05) is 0 Å². The van der Waals surface area contributed by atoms with Gasteiger partial charge in [0.25, 0.3) is 0 Å². The maximum atomic E-state index is 12.5. The second kappa shape index (κ2) is 4.56. The van der Waals surface area contributed by atoms with E-state index in [1.54, 1.807) is 24.3 Å². The number of rotatable bonds is 2. The zero-order chi connectivity index (χ0) is 13.3. The van der Waals surface area contributed by atoms with Crippen molar-refractivity contribution in [3.8, 4) is 5.69 Å². The second-order valence-electron chi connectivity index (χ2n) is 3.46. The van der Waals surface area contributed by atoms with Crippen molar-refractivity contribution >= 4 is 22.2 Å². The number of alkyl halides is 3. The minimum Gasteiger partial charge on any atom is -0.296 e. The molecule has 0 bridgehead atoms. The molecular formula is C11H6BrF3N2O. The smallest absolute Gasteiger partial charge is 0.296 e. The zero-order valence-electron chi connectivity index (χ0n) is 8.78. The third kappa shape index (κ3) is 2.45. The fraction of sp³-hybridized carbons (Fsp3) is 0.0909. The molecule has 0 aliphatic rings. The van der Waals surface area contributed by atoms with Crippen molar-refractivity contribution < 1.29 is 18.0 Å². The van der Waals surface area contributed by atoms with E-state index in [1.165, 1.54) is 0 Å². The first-order valence-electron chi connectivity index (χ1n) is 4.80. The molecule has 3 nitrogen and oxygen atoms in total. The summed E-state index contributed by atoms with van der Waals surface area (Å²) >= 11 is 3.21. The van der Waals surface area contributed by atoms with Gasteiger partial charge in [0, 0.05) is 4.47 Å². The molecule has 18 heavy (non-hydrogen) atoms. The van der Waals surface area contributed by atoms with E-state index in [2.05, 4.69) is 21.0 Å². The number of carbonyl (C=O) groups is 1. The first kappa shape index (κ1) is 12.8. The molecule has 0 radical (unpaired) electrons. The van der Waals surface area contributed by atoms with Gasteiger partial charge in [0.1, 0.15) is 5.69 Å². The fourth-order valence-electron chi connectivity index (χ4n) is 1.41. The molecular weight excluding hydrogens is 313 g/mol. The van der Waals surface area contributed by atoms with Crippen LogP contribution in [0.3, 0.4) is 0 Å². The van der Waals surface area contributed by atoms with E-state index in [-0.39, 0.29) is 5.69 Å². The summed E-state index contributed by atoms with van der Waals surface area (Å²) in [6, 6.07) is 7.14. The molecule has 0 aliphatic carbocycles. The maximum absolute atomic E-state index is 12.5. The van der Waals surface area contributed by atoms with Crippen LogP contribution in [0.1, 0.15) is 16.2 Å². The Labute approximate surface area is 108 Å². The zero-order valence-corrected chi connectivity index (χ0v) is 10.4. The van der Waals surface area contributed by atoms with Gasteiger partial charge in [-0.2, -0.15) is 18.3 Å². The molecule has 1 aromatic heterocycles. The molecule has 94 valence electrons. The van der Waals surface area contributed by atoms with Gasteiger partial charge in [-0.25, -0.2) is 4.68 Å². The van der Waals surface area contributed by atoms with Crippen molar-refractivity contribution in [2.45, 2.75) is 6.18 Å². The minimum absolute atomic E-state index is 0.148. The first-order valence-corrected chi connectivity index (χ1v) is 5.59. The van der Waals surface area contributed by atoms with Crippen LogP contribution in [0.5, 0.6) is 0 Å². The summed E-state index contributed by atoms with van der Waals surface area (Å²) in [6.07, 6.45) is -4.23. The molecule has 0 aliphatic heterocycles. The quantitative estimate of drug-likeness (QED) is 0.795. The van der Waals surface area contributed by atoms with Crippen molar-refractivity contribution in [2.75, 3.05) is 0 Å². The van der Waals surface area contributed by atoms with E-state index < -0.39 is 11.9 Å². The molecule has 0 fully saturated rings. The van der Waals surface area contributed by atoms with Gasteiger partial charge < -0.3 is 0 Å². The van der Waals surface area contributed by atoms with E-state index in [0.717, 1.165) is 15.2 Å². The Kier molecular flexibility index (Phi) is 3.25. The molecule has 0 atom stereocenters. The number of aromatic nitrogens is 2. The lowest BCUT2D eigenvalue weighted by atomic mass is 10.3. The summed E-state index contributed by atoms with van der Waals surface area (Å²) in [5.74, 6) is 0. The van der Waals surface area contributed by atoms with Crippen molar-refractivity contribution in [2.24, 2.45) is 0 Å². The van der Waals surface area contributed by atoms with Crippen molar-refractivity contribution in [1.82, 2.24) is 9.78 Å². The van der Waals surface area contributed by atoms with Crippen LogP contribution in [0.25, 0.3) is 5.69 Å². The molecule has 0 unspecified atom stereocenters. The average Bonchev–Trinajstić information content (AvgIpc) is 2.73. The third-order valence-corrected chi connectivity index (χ3v) is 2.75. The van der Waals surface area contributed by atoms with Gasteiger partial charge in [0.15, 0.2) is 12.0 Å². The molecule has 2 aromatic rings. The van der Waals surface area contributed by atoms with Crippen molar-refractivity contribution in [3.63, 3.8) is 0 Å². The Hall–Kier alpha value is -1.63. The normalized spacial score (nSPS) is 11.6. The molecule has 7 heteroatoms. The lowest BCUT2D eigenvalue weighted by Crippen LogP contribution is -2.07. The molecule has 1 heterocycles. The average molecular weight is 319 g/mol. The van der Waals surface area contributed by atoms with Gasteiger partial charge in [-0.15, -0.1) is 0 Å². The van der Waals surface area contributed by atoms with E-state index in [4.69, 9.17) is 0 Å². The third-order valence-electron chi connectivity index (χ3n) is 2.22. The van der Waals surface area contributed by atoms with Crippen LogP contribution in [0.15, 0.2) is 34.8 Å². The maximum Gasteiger partial charge on any atom is 0.435 e. The van der Waals surface area contributed by atoms with Crippen LogP contribution < -0.4 is 0 Å². The fourth-order valence-corrected chi connectivity index (χ4v) is 1.67. The van der Waals surface area contributed by atoms with E-state index in [0.29, 0.717) is 12.0 Å². The largest absolute Gasteiger partial charge is 0.435 e. The summed E-state index contributed by atoms with van der Waals surface area (Å²) in [4.78, 5) is 10.8. The van der Waals surface area contributed by atoms with Gasteiger partial charge >= 0.3 is 6.18 Å². The van der Waals surface area contributed by atoms with Crippen LogP contribution in [-0.4, -0.2) is 16.1 Å². The lowest BCUT2D eigenvalue weighted by Gasteiger charge is -2.04. The Balaban J connectivity index is 2.53. The van der Waals surface area contributed by atoms with Crippen LogP contribution in [0.2, 0.25) is 0 Å². The topological polar surface area (TPSA) is 34.9 Å². The predicted octanol–water partition coefficient (Wildman–Crippen LogP) is 3.47. The highest BCUT2D eigenvalue weighted by Crippen LogP contribution is 2.29. The number of halogens is 4. The first-order chi connectivity index (χ1) is 8.41. The van der Waals surface area contributed by atoms with Gasteiger partial charge in [-0.05, 0) is 30.3 Å². The summed E-state index contributed by atoms with van der Waals surface area (Å²) in [5, 5.41) is 3.40. The van der Waals surface area contributed by atoms with Crippen LogP contribution in [-0.2, 0) is 6.18 Å². The lowest BCUT2D eigenvalue weighted by molar-refractivity contribution is -0.141. The Morgan fingerprint density at radius 3 is 2.33 bits per heavy atom. The summed E-state index contributed by atoms with van der Waals surface area (Å²) in [7, 11) is 0. The van der Waals surface area contributed by atoms with E-state index >= 15 is 0 Å². The number of benzene rings is 1. The Morgan fingerprint density at radius 2 is 1.83 bits per heavy atom. The highest BCUT2D eigenvalue weighted by molar-refractivity contribution is 9.10. The molecule has 2 rings (SSSR count).